The van der Waals surface area contributed by atoms with Gasteiger partial charge in [-0.05, 0) is 60.7 Å². The monoisotopic (exact) mass is 326 g/mol. The number of hydrogen-bond donors (Lipinski definition) is 0. The Hall–Kier alpha value is -1.03. The van der Waals surface area contributed by atoms with Crippen LogP contribution in [0.1, 0.15) is 49.4 Å². The maximum atomic E-state index is 10.9. The fourth-order valence-corrected chi connectivity index (χ4v) is 2.94. The van der Waals surface area contributed by atoms with Gasteiger partial charge in [-0.15, -0.1) is 0 Å². The summed E-state index contributed by atoms with van der Waals surface area (Å²) in [5.41, 5.74) is 0.589. The smallest absolute Gasteiger partial charge is 0.175 e. The molecule has 1 aliphatic carbocycles. The number of aldehydes is 1. The van der Waals surface area contributed by atoms with E-state index < -0.39 is 0 Å². The Labute approximate surface area is 122 Å². The van der Waals surface area contributed by atoms with E-state index in [1.54, 1.807) is 12.1 Å². The topological polar surface area (TPSA) is 35.5 Å². The lowest BCUT2D eigenvalue weighted by Crippen LogP contribution is -2.20. The quantitative estimate of drug-likeness (QED) is 0.753. The molecule has 19 heavy (non-hydrogen) atoms. The van der Waals surface area contributed by atoms with E-state index in [2.05, 4.69) is 15.9 Å². The minimum absolute atomic E-state index is 0.256. The summed E-state index contributed by atoms with van der Waals surface area (Å²) >= 11 is 3.47. The van der Waals surface area contributed by atoms with Crippen molar-refractivity contribution in [2.75, 3.05) is 6.61 Å². The van der Waals surface area contributed by atoms with E-state index in [0.717, 1.165) is 29.4 Å². The van der Waals surface area contributed by atoms with Crippen LogP contribution in [0.25, 0.3) is 0 Å². The van der Waals surface area contributed by atoms with Gasteiger partial charge in [0, 0.05) is 5.56 Å². The Kier molecular flexibility index (Phi) is 5.25. The van der Waals surface area contributed by atoms with Gasteiger partial charge in [-0.1, -0.05) is 6.42 Å². The Morgan fingerprint density at radius 2 is 2.05 bits per heavy atom. The molecule has 1 aliphatic rings. The third kappa shape index (κ3) is 3.72. The van der Waals surface area contributed by atoms with E-state index in [0.29, 0.717) is 17.9 Å². The summed E-state index contributed by atoms with van der Waals surface area (Å²) in [7, 11) is 0. The van der Waals surface area contributed by atoms with Gasteiger partial charge in [-0.2, -0.15) is 0 Å². The maximum absolute atomic E-state index is 10.9. The lowest BCUT2D eigenvalue weighted by atomic mass is 9.98. The molecule has 1 saturated carbocycles. The molecule has 0 N–H and O–H groups in total. The van der Waals surface area contributed by atoms with Crippen molar-refractivity contribution < 1.29 is 14.3 Å². The van der Waals surface area contributed by atoms with Crippen molar-refractivity contribution >= 4 is 22.2 Å². The Bertz CT molecular complexity index is 439. The van der Waals surface area contributed by atoms with Crippen LogP contribution >= 0.6 is 15.9 Å². The number of carbonyl (C=O) groups is 1. The lowest BCUT2D eigenvalue weighted by Gasteiger charge is -2.25. The summed E-state index contributed by atoms with van der Waals surface area (Å²) in [5.74, 6) is 1.36. The minimum Gasteiger partial charge on any atom is -0.490 e. The molecule has 1 aromatic rings. The summed E-state index contributed by atoms with van der Waals surface area (Å²) in [6.45, 7) is 2.47. The number of benzene rings is 1. The van der Waals surface area contributed by atoms with E-state index in [1.165, 1.54) is 19.3 Å². The second kappa shape index (κ2) is 6.94. The van der Waals surface area contributed by atoms with Crippen molar-refractivity contribution in [3.8, 4) is 11.5 Å². The van der Waals surface area contributed by atoms with Gasteiger partial charge in [0.05, 0.1) is 17.2 Å². The molecule has 0 radical (unpaired) electrons. The first-order chi connectivity index (χ1) is 9.24. The summed E-state index contributed by atoms with van der Waals surface area (Å²) in [5, 5.41) is 0. The molecule has 0 aromatic heterocycles. The largest absolute Gasteiger partial charge is 0.490 e. The highest BCUT2D eigenvalue weighted by molar-refractivity contribution is 9.10. The molecule has 0 bridgehead atoms. The predicted molar refractivity (Wildman–Crippen MR) is 78.2 cm³/mol. The average Bonchev–Trinajstić information content (AvgIpc) is 2.43. The Morgan fingerprint density at radius 3 is 2.68 bits per heavy atom. The van der Waals surface area contributed by atoms with Crippen LogP contribution in [0.15, 0.2) is 16.6 Å². The highest BCUT2D eigenvalue weighted by atomic mass is 79.9. The van der Waals surface area contributed by atoms with Gasteiger partial charge in [0.15, 0.2) is 11.5 Å². The van der Waals surface area contributed by atoms with Crippen molar-refractivity contribution in [2.24, 2.45) is 0 Å². The molecule has 3 nitrogen and oxygen atoms in total. The van der Waals surface area contributed by atoms with E-state index >= 15 is 0 Å². The van der Waals surface area contributed by atoms with E-state index in [4.69, 9.17) is 9.47 Å². The third-order valence-corrected chi connectivity index (χ3v) is 3.89. The third-order valence-electron chi connectivity index (χ3n) is 3.30. The lowest BCUT2D eigenvalue weighted by molar-refractivity contribution is 0.112. The maximum Gasteiger partial charge on any atom is 0.175 e. The minimum atomic E-state index is 0.256. The van der Waals surface area contributed by atoms with Crippen LogP contribution in [0.5, 0.6) is 11.5 Å². The van der Waals surface area contributed by atoms with Crippen molar-refractivity contribution in [2.45, 2.75) is 45.1 Å². The van der Waals surface area contributed by atoms with Crippen LogP contribution < -0.4 is 9.47 Å². The van der Waals surface area contributed by atoms with Gasteiger partial charge in [0.25, 0.3) is 0 Å². The van der Waals surface area contributed by atoms with E-state index in [1.807, 2.05) is 6.92 Å². The molecule has 0 atom stereocenters. The number of rotatable bonds is 5. The van der Waals surface area contributed by atoms with Crippen molar-refractivity contribution in [3.63, 3.8) is 0 Å². The molecule has 0 heterocycles. The molecule has 1 fully saturated rings. The second-order valence-electron chi connectivity index (χ2n) is 4.76. The molecule has 2 rings (SSSR count). The van der Waals surface area contributed by atoms with Crippen molar-refractivity contribution in [3.05, 3.63) is 22.2 Å². The molecule has 0 unspecified atom stereocenters. The number of hydrogen-bond acceptors (Lipinski definition) is 3. The van der Waals surface area contributed by atoms with Crippen LogP contribution in [0.3, 0.4) is 0 Å². The summed E-state index contributed by atoms with van der Waals surface area (Å²) in [6, 6.07) is 3.51. The van der Waals surface area contributed by atoms with E-state index in [9.17, 15) is 4.79 Å². The molecule has 0 spiro atoms. The Balaban J connectivity index is 2.23. The molecule has 0 amide bonds. The zero-order chi connectivity index (χ0) is 13.7. The normalized spacial score (nSPS) is 16.1. The van der Waals surface area contributed by atoms with Gasteiger partial charge >= 0.3 is 0 Å². The number of halogens is 1. The van der Waals surface area contributed by atoms with Gasteiger partial charge in [0.2, 0.25) is 0 Å². The zero-order valence-corrected chi connectivity index (χ0v) is 12.7. The number of carbonyl (C=O) groups excluding carboxylic acids is 1. The van der Waals surface area contributed by atoms with Gasteiger partial charge in [-0.3, -0.25) is 4.79 Å². The summed E-state index contributed by atoms with van der Waals surface area (Å²) < 4.78 is 12.5. The fraction of sp³-hybridized carbons (Fsp3) is 0.533. The van der Waals surface area contributed by atoms with Gasteiger partial charge in [0.1, 0.15) is 6.29 Å². The molecule has 0 aliphatic heterocycles. The van der Waals surface area contributed by atoms with Crippen LogP contribution in [0, 0.1) is 0 Å². The first-order valence-corrected chi connectivity index (χ1v) is 7.62. The average molecular weight is 327 g/mol. The van der Waals surface area contributed by atoms with Crippen LogP contribution in [0.2, 0.25) is 0 Å². The SMILES string of the molecule is CCOc1cc(C=O)cc(Br)c1OC1CCCCC1. The number of ether oxygens (including phenoxy) is 2. The first kappa shape index (κ1) is 14.4. The highest BCUT2D eigenvalue weighted by Crippen LogP contribution is 2.38. The first-order valence-electron chi connectivity index (χ1n) is 6.82. The molecule has 104 valence electrons. The summed E-state index contributed by atoms with van der Waals surface area (Å²) in [4.78, 5) is 10.9. The molecule has 0 saturated heterocycles. The van der Waals surface area contributed by atoms with Crippen molar-refractivity contribution in [1.82, 2.24) is 0 Å². The second-order valence-corrected chi connectivity index (χ2v) is 5.61. The van der Waals surface area contributed by atoms with E-state index in [-0.39, 0.29) is 6.10 Å². The molecular weight excluding hydrogens is 308 g/mol. The molecular formula is C15H19BrO3. The Morgan fingerprint density at radius 1 is 1.32 bits per heavy atom. The molecule has 1 aromatic carbocycles. The van der Waals surface area contributed by atoms with Gasteiger partial charge in [-0.25, -0.2) is 0 Å². The predicted octanol–water partition coefficient (Wildman–Crippen LogP) is 4.37. The highest BCUT2D eigenvalue weighted by Gasteiger charge is 2.19. The fourth-order valence-electron chi connectivity index (χ4n) is 2.38. The van der Waals surface area contributed by atoms with Crippen LogP contribution in [0.4, 0.5) is 0 Å². The molecule has 4 heteroatoms. The van der Waals surface area contributed by atoms with Crippen LogP contribution in [-0.4, -0.2) is 19.0 Å². The van der Waals surface area contributed by atoms with Crippen molar-refractivity contribution in [1.29, 1.82) is 0 Å². The standard InChI is InChI=1S/C15H19BrO3/c1-2-18-14-9-11(10-17)8-13(16)15(14)19-12-6-4-3-5-7-12/h8-10,12H,2-7H2,1H3. The van der Waals surface area contributed by atoms with Crippen LogP contribution in [-0.2, 0) is 0 Å². The summed E-state index contributed by atoms with van der Waals surface area (Å²) in [6.07, 6.45) is 6.99. The zero-order valence-electron chi connectivity index (χ0n) is 11.2. The van der Waals surface area contributed by atoms with Gasteiger partial charge < -0.3 is 9.47 Å².